The SMILES string of the molecule is Cc1ccc(CC2CCN(CCCC(=O)N3CCC(Nc4ccnc(C(F)(F)F)c4)CC3)CC2)cc1. The van der Waals surface area contributed by atoms with E-state index in [-0.39, 0.29) is 11.9 Å². The molecule has 1 amide bonds. The third-order valence-electron chi connectivity index (χ3n) is 7.49. The number of nitrogens with zero attached hydrogens (tertiary/aromatic N) is 3. The Bertz CT molecular complexity index is 979. The minimum Gasteiger partial charge on any atom is -0.382 e. The van der Waals surface area contributed by atoms with Crippen molar-refractivity contribution in [1.29, 1.82) is 0 Å². The molecule has 8 heteroatoms. The number of carbonyl (C=O) groups is 1. The molecule has 1 aromatic carbocycles. The zero-order valence-corrected chi connectivity index (χ0v) is 21.1. The van der Waals surface area contributed by atoms with E-state index in [0.29, 0.717) is 25.2 Å². The largest absolute Gasteiger partial charge is 0.433 e. The van der Waals surface area contributed by atoms with Crippen molar-refractivity contribution in [3.8, 4) is 0 Å². The fraction of sp³-hybridized carbons (Fsp3) is 0.571. The molecular formula is C28H37F3N4O. The van der Waals surface area contributed by atoms with Gasteiger partial charge in [0.15, 0.2) is 0 Å². The monoisotopic (exact) mass is 502 g/mol. The van der Waals surface area contributed by atoms with Crippen LogP contribution in [0.5, 0.6) is 0 Å². The van der Waals surface area contributed by atoms with E-state index in [0.717, 1.165) is 57.3 Å². The summed E-state index contributed by atoms with van der Waals surface area (Å²) in [6.45, 7) is 6.56. The highest BCUT2D eigenvalue weighted by Gasteiger charge is 2.32. The molecule has 0 bridgehead atoms. The summed E-state index contributed by atoms with van der Waals surface area (Å²) in [5.74, 6) is 0.929. The Morgan fingerprint density at radius 2 is 1.72 bits per heavy atom. The lowest BCUT2D eigenvalue weighted by molar-refractivity contribution is -0.141. The van der Waals surface area contributed by atoms with Gasteiger partial charge >= 0.3 is 6.18 Å². The standard InChI is InChI=1S/C28H37F3N4O/c1-21-4-6-22(7-5-21)19-23-9-15-34(16-10-23)14-2-3-27(36)35-17-11-24(12-18-35)33-25-8-13-32-26(20-25)28(29,30)31/h4-8,13,20,23-24H,2-3,9-12,14-19H2,1H3,(H,32,33). The Kier molecular flexibility index (Phi) is 8.88. The zero-order valence-electron chi connectivity index (χ0n) is 21.1. The van der Waals surface area contributed by atoms with E-state index in [2.05, 4.69) is 46.4 Å². The average molecular weight is 503 g/mol. The first-order valence-electron chi connectivity index (χ1n) is 13.1. The van der Waals surface area contributed by atoms with Crippen molar-refractivity contribution in [1.82, 2.24) is 14.8 Å². The van der Waals surface area contributed by atoms with Crippen molar-refractivity contribution in [2.75, 3.05) is 38.0 Å². The number of amides is 1. The van der Waals surface area contributed by atoms with Gasteiger partial charge in [0.05, 0.1) is 0 Å². The molecule has 1 N–H and O–H groups in total. The Morgan fingerprint density at radius 3 is 2.39 bits per heavy atom. The number of aromatic nitrogens is 1. The smallest absolute Gasteiger partial charge is 0.382 e. The van der Waals surface area contributed by atoms with Crippen molar-refractivity contribution < 1.29 is 18.0 Å². The van der Waals surface area contributed by atoms with Crippen molar-refractivity contribution in [2.24, 2.45) is 5.92 Å². The van der Waals surface area contributed by atoms with Gasteiger partial charge < -0.3 is 15.1 Å². The lowest BCUT2D eigenvalue weighted by Crippen LogP contribution is -2.42. The lowest BCUT2D eigenvalue weighted by atomic mass is 9.90. The van der Waals surface area contributed by atoms with E-state index in [4.69, 9.17) is 0 Å². The van der Waals surface area contributed by atoms with Gasteiger partial charge in [-0.1, -0.05) is 29.8 Å². The third-order valence-corrected chi connectivity index (χ3v) is 7.49. The highest BCUT2D eigenvalue weighted by molar-refractivity contribution is 5.76. The van der Waals surface area contributed by atoms with Gasteiger partial charge in [-0.05, 0) is 88.7 Å². The number of carbonyl (C=O) groups excluding carboxylic acids is 1. The minimum atomic E-state index is -4.45. The number of likely N-dealkylation sites (tertiary alicyclic amines) is 2. The summed E-state index contributed by atoms with van der Waals surface area (Å²) >= 11 is 0. The number of hydrogen-bond donors (Lipinski definition) is 1. The van der Waals surface area contributed by atoms with Crippen molar-refractivity contribution >= 4 is 11.6 Å². The molecule has 5 nitrogen and oxygen atoms in total. The van der Waals surface area contributed by atoms with Gasteiger partial charge in [0.1, 0.15) is 5.69 Å². The Hall–Kier alpha value is -2.61. The first-order chi connectivity index (χ1) is 17.3. The summed E-state index contributed by atoms with van der Waals surface area (Å²) in [5.41, 5.74) is 2.26. The summed E-state index contributed by atoms with van der Waals surface area (Å²) in [6, 6.07) is 11.5. The molecule has 4 rings (SSSR count). The quantitative estimate of drug-likeness (QED) is 0.515. The fourth-order valence-electron chi connectivity index (χ4n) is 5.27. The second-order valence-electron chi connectivity index (χ2n) is 10.3. The van der Waals surface area contributed by atoms with E-state index in [1.807, 2.05) is 4.90 Å². The Balaban J connectivity index is 1.11. The molecule has 1 aromatic heterocycles. The van der Waals surface area contributed by atoms with Crippen LogP contribution < -0.4 is 5.32 Å². The summed E-state index contributed by atoms with van der Waals surface area (Å²) < 4.78 is 38.6. The molecule has 2 fully saturated rings. The van der Waals surface area contributed by atoms with Gasteiger partial charge in [-0.15, -0.1) is 0 Å². The summed E-state index contributed by atoms with van der Waals surface area (Å²) in [4.78, 5) is 20.5. The number of alkyl halides is 3. The number of piperidine rings is 2. The van der Waals surface area contributed by atoms with Crippen LogP contribution in [-0.4, -0.2) is 59.5 Å². The molecule has 2 aromatic rings. The van der Waals surface area contributed by atoms with E-state index in [1.54, 1.807) is 6.07 Å². The van der Waals surface area contributed by atoms with Gasteiger partial charge in [0, 0.05) is 37.4 Å². The molecule has 196 valence electrons. The normalized spacial score (nSPS) is 18.4. The molecule has 36 heavy (non-hydrogen) atoms. The predicted octanol–water partition coefficient (Wildman–Crippen LogP) is 5.55. The van der Waals surface area contributed by atoms with E-state index in [1.165, 1.54) is 30.2 Å². The molecule has 0 saturated carbocycles. The molecule has 0 radical (unpaired) electrons. The Morgan fingerprint density at radius 1 is 1.03 bits per heavy atom. The van der Waals surface area contributed by atoms with Crippen molar-refractivity contribution in [3.63, 3.8) is 0 Å². The average Bonchev–Trinajstić information content (AvgIpc) is 2.86. The van der Waals surface area contributed by atoms with Gasteiger partial charge in [-0.3, -0.25) is 9.78 Å². The van der Waals surface area contributed by atoms with E-state index in [9.17, 15) is 18.0 Å². The van der Waals surface area contributed by atoms with Crippen LogP contribution in [0.2, 0.25) is 0 Å². The molecule has 2 aliphatic heterocycles. The van der Waals surface area contributed by atoms with Gasteiger partial charge in [-0.25, -0.2) is 0 Å². The maximum atomic E-state index is 12.9. The van der Waals surface area contributed by atoms with E-state index < -0.39 is 11.9 Å². The van der Waals surface area contributed by atoms with Crippen LogP contribution in [0, 0.1) is 12.8 Å². The first kappa shape index (κ1) is 26.5. The van der Waals surface area contributed by atoms with Gasteiger partial charge in [-0.2, -0.15) is 13.2 Å². The topological polar surface area (TPSA) is 48.5 Å². The number of hydrogen-bond acceptors (Lipinski definition) is 4. The molecule has 0 atom stereocenters. The van der Waals surface area contributed by atoms with E-state index >= 15 is 0 Å². The number of halogens is 3. The molecule has 0 aliphatic carbocycles. The van der Waals surface area contributed by atoms with Crippen LogP contribution >= 0.6 is 0 Å². The summed E-state index contributed by atoms with van der Waals surface area (Å²) in [5, 5.41) is 3.18. The number of aryl methyl sites for hydroxylation is 1. The van der Waals surface area contributed by atoms with Crippen molar-refractivity contribution in [3.05, 3.63) is 59.4 Å². The number of pyridine rings is 1. The number of anilines is 1. The molecule has 3 heterocycles. The molecule has 0 unspecified atom stereocenters. The highest BCUT2D eigenvalue weighted by atomic mass is 19.4. The second kappa shape index (κ2) is 12.1. The van der Waals surface area contributed by atoms with Gasteiger partial charge in [0.25, 0.3) is 0 Å². The number of benzene rings is 1. The maximum Gasteiger partial charge on any atom is 0.433 e. The summed E-state index contributed by atoms with van der Waals surface area (Å²) in [7, 11) is 0. The second-order valence-corrected chi connectivity index (χ2v) is 10.3. The van der Waals surface area contributed by atoms with Gasteiger partial charge in [0.2, 0.25) is 5.91 Å². The fourth-order valence-corrected chi connectivity index (χ4v) is 5.27. The molecule has 0 spiro atoms. The lowest BCUT2D eigenvalue weighted by Gasteiger charge is -2.34. The molecule has 2 aliphatic rings. The predicted molar refractivity (Wildman–Crippen MR) is 136 cm³/mol. The molecule has 2 saturated heterocycles. The zero-order chi connectivity index (χ0) is 25.5. The van der Waals surface area contributed by atoms with Crippen LogP contribution in [0.25, 0.3) is 0 Å². The highest BCUT2D eigenvalue weighted by Crippen LogP contribution is 2.29. The van der Waals surface area contributed by atoms with Crippen LogP contribution in [0.4, 0.5) is 18.9 Å². The van der Waals surface area contributed by atoms with Crippen LogP contribution in [0.15, 0.2) is 42.6 Å². The number of rotatable bonds is 8. The summed E-state index contributed by atoms with van der Waals surface area (Å²) in [6.07, 6.45) is 3.18. The van der Waals surface area contributed by atoms with Crippen LogP contribution in [0.1, 0.15) is 55.3 Å². The number of nitrogens with one attached hydrogen (secondary N) is 1. The minimum absolute atomic E-state index is 0.0544. The maximum absolute atomic E-state index is 12.9. The third kappa shape index (κ3) is 7.69. The molecular weight excluding hydrogens is 465 g/mol. The van der Waals surface area contributed by atoms with Crippen molar-refractivity contribution in [2.45, 2.75) is 64.1 Å². The first-order valence-corrected chi connectivity index (χ1v) is 13.1. The van der Waals surface area contributed by atoms with Crippen LogP contribution in [-0.2, 0) is 17.4 Å². The van der Waals surface area contributed by atoms with Crippen LogP contribution in [0.3, 0.4) is 0 Å². The Labute approximate surface area is 212 Å².